The van der Waals surface area contributed by atoms with Crippen LogP contribution >= 0.6 is 23.4 Å². The Morgan fingerprint density at radius 3 is 2.88 bits per heavy atom. The molecule has 1 unspecified atom stereocenters. The van der Waals surface area contributed by atoms with Crippen molar-refractivity contribution in [3.05, 3.63) is 11.2 Å². The maximum absolute atomic E-state index is 11.2. The van der Waals surface area contributed by atoms with Crippen LogP contribution in [0.15, 0.2) is 11.2 Å². The molecule has 1 heterocycles. The van der Waals surface area contributed by atoms with Crippen LogP contribution in [-0.4, -0.2) is 35.3 Å². The summed E-state index contributed by atoms with van der Waals surface area (Å²) in [5, 5.41) is 3.77. The molecule has 0 bridgehead atoms. The fraction of sp³-hybridized carbons (Fsp3) is 0.444. The van der Waals surface area contributed by atoms with Crippen molar-refractivity contribution in [2.75, 3.05) is 18.7 Å². The first-order valence-corrected chi connectivity index (χ1v) is 6.10. The topological polar surface area (TPSA) is 64.1 Å². The highest BCUT2D eigenvalue weighted by molar-refractivity contribution is 7.98. The molecule has 7 heteroatoms. The van der Waals surface area contributed by atoms with Gasteiger partial charge in [0.1, 0.15) is 17.0 Å². The summed E-state index contributed by atoms with van der Waals surface area (Å²) in [4.78, 5) is 19.3. The van der Waals surface area contributed by atoms with Crippen molar-refractivity contribution in [2.24, 2.45) is 0 Å². The Hall–Kier alpha value is -1.01. The maximum Gasteiger partial charge on any atom is 0.328 e. The summed E-state index contributed by atoms with van der Waals surface area (Å²) < 4.78 is 4.59. The Morgan fingerprint density at radius 1 is 1.62 bits per heavy atom. The van der Waals surface area contributed by atoms with Gasteiger partial charge in [-0.2, -0.15) is 0 Å². The first-order chi connectivity index (χ1) is 7.56. The second-order valence-electron chi connectivity index (χ2n) is 2.95. The minimum atomic E-state index is -0.481. The molecule has 1 N–H and O–H groups in total. The van der Waals surface area contributed by atoms with Crippen LogP contribution in [0.5, 0.6) is 0 Å². The van der Waals surface area contributed by atoms with Crippen molar-refractivity contribution >= 4 is 35.1 Å². The number of halogens is 1. The zero-order chi connectivity index (χ0) is 12.1. The van der Waals surface area contributed by atoms with Gasteiger partial charge >= 0.3 is 5.97 Å². The maximum atomic E-state index is 11.2. The van der Waals surface area contributed by atoms with Crippen molar-refractivity contribution in [1.82, 2.24) is 9.97 Å². The highest BCUT2D eigenvalue weighted by atomic mass is 35.5. The summed E-state index contributed by atoms with van der Waals surface area (Å²) >= 11 is 7.18. The van der Waals surface area contributed by atoms with Crippen LogP contribution in [0.2, 0.25) is 5.15 Å². The number of carbonyl (C=O) groups is 1. The third-order valence-corrected chi connectivity index (χ3v) is 2.52. The van der Waals surface area contributed by atoms with E-state index in [0.29, 0.717) is 16.1 Å². The molecule has 5 nitrogen and oxygen atoms in total. The number of aromatic nitrogens is 2. The number of nitrogens with zero attached hydrogens (tertiary/aromatic N) is 2. The lowest BCUT2D eigenvalue weighted by atomic mass is 10.3. The van der Waals surface area contributed by atoms with Crippen LogP contribution < -0.4 is 5.32 Å². The molecule has 0 spiro atoms. The molecule has 0 aliphatic heterocycles. The van der Waals surface area contributed by atoms with Gasteiger partial charge in [0.05, 0.1) is 7.11 Å². The molecule has 0 fully saturated rings. The van der Waals surface area contributed by atoms with E-state index in [1.807, 2.05) is 6.26 Å². The second kappa shape index (κ2) is 5.91. The van der Waals surface area contributed by atoms with Crippen molar-refractivity contribution in [3.8, 4) is 0 Å². The number of thioether (sulfide) groups is 1. The van der Waals surface area contributed by atoms with Gasteiger partial charge in [-0.1, -0.05) is 23.4 Å². The van der Waals surface area contributed by atoms with Crippen molar-refractivity contribution in [3.63, 3.8) is 0 Å². The summed E-state index contributed by atoms with van der Waals surface area (Å²) in [7, 11) is 1.33. The Morgan fingerprint density at radius 2 is 2.31 bits per heavy atom. The van der Waals surface area contributed by atoms with Gasteiger partial charge in [0, 0.05) is 6.07 Å². The van der Waals surface area contributed by atoms with Gasteiger partial charge in [0.15, 0.2) is 5.16 Å². The first kappa shape index (κ1) is 13.1. The normalized spacial score (nSPS) is 12.0. The molecule has 1 atom stereocenters. The molecule has 1 rings (SSSR count). The Kier molecular flexibility index (Phi) is 4.82. The van der Waals surface area contributed by atoms with E-state index in [4.69, 9.17) is 11.6 Å². The Bertz CT molecular complexity index is 389. The van der Waals surface area contributed by atoms with E-state index in [2.05, 4.69) is 20.0 Å². The predicted molar refractivity (Wildman–Crippen MR) is 63.9 cm³/mol. The van der Waals surface area contributed by atoms with Gasteiger partial charge in [0.25, 0.3) is 0 Å². The second-order valence-corrected chi connectivity index (χ2v) is 4.11. The van der Waals surface area contributed by atoms with Crippen LogP contribution in [0.1, 0.15) is 6.92 Å². The van der Waals surface area contributed by atoms with E-state index >= 15 is 0 Å². The number of esters is 1. The van der Waals surface area contributed by atoms with E-state index in [1.165, 1.54) is 18.9 Å². The molecule has 0 saturated heterocycles. The molecule has 0 amide bonds. The minimum absolute atomic E-state index is 0.332. The molecule has 1 aromatic rings. The predicted octanol–water partition coefficient (Wildman–Crippen LogP) is 1.83. The highest BCUT2D eigenvalue weighted by Crippen LogP contribution is 2.17. The van der Waals surface area contributed by atoms with E-state index in [-0.39, 0.29) is 5.97 Å². The van der Waals surface area contributed by atoms with Gasteiger partial charge in [-0.05, 0) is 13.2 Å². The smallest absolute Gasteiger partial charge is 0.328 e. The van der Waals surface area contributed by atoms with Crippen LogP contribution in [0.25, 0.3) is 0 Å². The van der Waals surface area contributed by atoms with Crippen molar-refractivity contribution < 1.29 is 9.53 Å². The molecule has 1 aromatic heterocycles. The number of hydrogen-bond acceptors (Lipinski definition) is 6. The number of hydrogen-bond donors (Lipinski definition) is 1. The molecule has 0 radical (unpaired) electrons. The number of methoxy groups -OCH3 is 1. The summed E-state index contributed by atoms with van der Waals surface area (Å²) in [5.41, 5.74) is 0. The molecular weight excluding hydrogens is 250 g/mol. The van der Waals surface area contributed by atoms with Gasteiger partial charge in [0.2, 0.25) is 0 Å². The van der Waals surface area contributed by atoms with Gasteiger partial charge in [-0.3, -0.25) is 0 Å². The zero-order valence-electron chi connectivity index (χ0n) is 9.15. The van der Waals surface area contributed by atoms with Gasteiger partial charge in [-0.25, -0.2) is 14.8 Å². The fourth-order valence-electron chi connectivity index (χ4n) is 1.02. The van der Waals surface area contributed by atoms with E-state index in [1.54, 1.807) is 13.0 Å². The van der Waals surface area contributed by atoms with Gasteiger partial charge in [-0.15, -0.1) is 0 Å². The Labute approximate surface area is 103 Å². The van der Waals surface area contributed by atoms with E-state index in [9.17, 15) is 4.79 Å². The van der Waals surface area contributed by atoms with Gasteiger partial charge < -0.3 is 10.1 Å². The Balaban J connectivity index is 2.80. The highest BCUT2D eigenvalue weighted by Gasteiger charge is 2.13. The monoisotopic (exact) mass is 261 g/mol. The van der Waals surface area contributed by atoms with Crippen LogP contribution in [-0.2, 0) is 9.53 Å². The lowest BCUT2D eigenvalue weighted by Crippen LogP contribution is -2.27. The number of rotatable bonds is 4. The molecule has 16 heavy (non-hydrogen) atoms. The third-order valence-electron chi connectivity index (χ3n) is 1.78. The largest absolute Gasteiger partial charge is 0.467 e. The lowest BCUT2D eigenvalue weighted by molar-refractivity contribution is -0.141. The minimum Gasteiger partial charge on any atom is -0.467 e. The third kappa shape index (κ3) is 3.53. The number of carbonyl (C=O) groups excluding carboxylic acids is 1. The quantitative estimate of drug-likeness (QED) is 0.386. The fourth-order valence-corrected chi connectivity index (χ4v) is 1.63. The summed E-state index contributed by atoms with van der Waals surface area (Å²) in [6, 6.07) is 1.08. The molecule has 88 valence electrons. The summed E-state index contributed by atoms with van der Waals surface area (Å²) in [6.07, 6.45) is 1.85. The molecule has 0 aliphatic carbocycles. The number of anilines is 1. The van der Waals surface area contributed by atoms with Crippen molar-refractivity contribution in [2.45, 2.75) is 18.1 Å². The SMILES string of the molecule is COC(=O)C(C)Nc1cc(Cl)nc(SC)n1. The molecule has 0 aromatic carbocycles. The van der Waals surface area contributed by atoms with Crippen LogP contribution in [0, 0.1) is 0 Å². The summed E-state index contributed by atoms with van der Waals surface area (Å²) in [5.74, 6) is 0.141. The molecule has 0 aliphatic rings. The standard InChI is InChI=1S/C9H12ClN3O2S/c1-5(8(14)15-2)11-7-4-6(10)12-9(13-7)16-3/h4-5H,1-3H3,(H,11,12,13). The van der Waals surface area contributed by atoms with E-state index in [0.717, 1.165) is 0 Å². The van der Waals surface area contributed by atoms with Crippen molar-refractivity contribution in [1.29, 1.82) is 0 Å². The zero-order valence-corrected chi connectivity index (χ0v) is 10.7. The first-order valence-electron chi connectivity index (χ1n) is 4.49. The molecule has 0 saturated carbocycles. The summed E-state index contributed by atoms with van der Waals surface area (Å²) in [6.45, 7) is 1.68. The van der Waals surface area contributed by atoms with Crippen LogP contribution in [0.4, 0.5) is 5.82 Å². The lowest BCUT2D eigenvalue weighted by Gasteiger charge is -2.12. The number of nitrogens with one attached hydrogen (secondary N) is 1. The average Bonchev–Trinajstić information content (AvgIpc) is 2.26. The average molecular weight is 262 g/mol. The molecular formula is C9H12ClN3O2S. The number of ether oxygens (including phenoxy) is 1. The van der Waals surface area contributed by atoms with E-state index < -0.39 is 6.04 Å². The van der Waals surface area contributed by atoms with Crippen LogP contribution in [0.3, 0.4) is 0 Å².